The molecule has 0 atom stereocenters. The Labute approximate surface area is 103 Å². The molecule has 0 unspecified atom stereocenters. The first kappa shape index (κ1) is 10.3. The standard InChI is InChI=1S/C13H13BrO2/c14-10-3-4-11-9(7-10)8-13(12(15)16-11)5-1-2-6-13/h3-4,7H,1-2,5-6,8H2. The van der Waals surface area contributed by atoms with Crippen LogP contribution in [-0.2, 0) is 11.2 Å². The molecule has 2 aliphatic rings. The van der Waals surface area contributed by atoms with Gasteiger partial charge in [-0.3, -0.25) is 4.79 Å². The second-order valence-corrected chi connectivity index (χ2v) is 5.72. The summed E-state index contributed by atoms with van der Waals surface area (Å²) in [7, 11) is 0. The van der Waals surface area contributed by atoms with E-state index in [1.165, 1.54) is 0 Å². The molecule has 0 amide bonds. The van der Waals surface area contributed by atoms with Gasteiger partial charge in [-0.1, -0.05) is 28.8 Å². The van der Waals surface area contributed by atoms with Crippen molar-refractivity contribution in [2.75, 3.05) is 0 Å². The summed E-state index contributed by atoms with van der Waals surface area (Å²) in [4.78, 5) is 12.0. The zero-order chi connectivity index (χ0) is 11.2. The summed E-state index contributed by atoms with van der Waals surface area (Å²) in [5.74, 6) is 0.727. The van der Waals surface area contributed by atoms with E-state index in [9.17, 15) is 4.79 Å². The molecule has 84 valence electrons. The first-order valence-corrected chi connectivity index (χ1v) is 6.50. The maximum Gasteiger partial charge on any atom is 0.317 e. The molecule has 1 aliphatic heterocycles. The molecule has 1 spiro atoms. The number of benzene rings is 1. The molecule has 0 radical (unpaired) electrons. The molecule has 0 saturated heterocycles. The lowest BCUT2D eigenvalue weighted by Gasteiger charge is -2.32. The molecule has 0 N–H and O–H groups in total. The first-order chi connectivity index (χ1) is 7.70. The molecule has 16 heavy (non-hydrogen) atoms. The Bertz CT molecular complexity index is 447. The minimum Gasteiger partial charge on any atom is -0.426 e. The van der Waals surface area contributed by atoms with Gasteiger partial charge in [-0.15, -0.1) is 0 Å². The summed E-state index contributed by atoms with van der Waals surface area (Å²) < 4.78 is 6.52. The minimum atomic E-state index is -0.214. The average molecular weight is 281 g/mol. The molecule has 0 bridgehead atoms. The topological polar surface area (TPSA) is 26.3 Å². The highest BCUT2D eigenvalue weighted by atomic mass is 79.9. The number of ether oxygens (including phenoxy) is 1. The van der Waals surface area contributed by atoms with Gasteiger partial charge in [0.05, 0.1) is 5.41 Å². The van der Waals surface area contributed by atoms with Crippen molar-refractivity contribution in [2.45, 2.75) is 32.1 Å². The van der Waals surface area contributed by atoms with Crippen LogP contribution in [0.4, 0.5) is 0 Å². The third kappa shape index (κ3) is 1.49. The highest BCUT2D eigenvalue weighted by Crippen LogP contribution is 2.46. The molecule has 1 fully saturated rings. The van der Waals surface area contributed by atoms with Crippen molar-refractivity contribution in [2.24, 2.45) is 5.41 Å². The van der Waals surface area contributed by atoms with Gasteiger partial charge in [0.15, 0.2) is 0 Å². The maximum atomic E-state index is 12.0. The monoisotopic (exact) mass is 280 g/mol. The summed E-state index contributed by atoms with van der Waals surface area (Å²) in [5.41, 5.74) is 0.948. The number of halogens is 1. The quantitative estimate of drug-likeness (QED) is 0.537. The van der Waals surface area contributed by atoms with E-state index in [1.54, 1.807) is 0 Å². The van der Waals surface area contributed by atoms with Crippen LogP contribution in [0, 0.1) is 5.41 Å². The maximum absolute atomic E-state index is 12.0. The lowest BCUT2D eigenvalue weighted by Crippen LogP contribution is -2.38. The van der Waals surface area contributed by atoms with E-state index < -0.39 is 0 Å². The molecular formula is C13H13BrO2. The molecule has 2 nitrogen and oxygen atoms in total. The van der Waals surface area contributed by atoms with Crippen LogP contribution >= 0.6 is 15.9 Å². The van der Waals surface area contributed by atoms with E-state index in [2.05, 4.69) is 22.0 Å². The van der Waals surface area contributed by atoms with Crippen molar-refractivity contribution in [3.8, 4) is 5.75 Å². The summed E-state index contributed by atoms with van der Waals surface area (Å²) in [5, 5.41) is 0. The molecule has 1 aliphatic carbocycles. The largest absolute Gasteiger partial charge is 0.426 e. The van der Waals surface area contributed by atoms with Gasteiger partial charge in [0.1, 0.15) is 5.75 Å². The fourth-order valence-corrected chi connectivity index (χ4v) is 3.27. The number of carbonyl (C=O) groups excluding carboxylic acids is 1. The highest BCUT2D eigenvalue weighted by Gasteiger charge is 2.46. The molecule has 0 aromatic heterocycles. The number of hydrogen-bond donors (Lipinski definition) is 0. The number of esters is 1. The number of carbonyl (C=O) groups is 1. The first-order valence-electron chi connectivity index (χ1n) is 5.70. The van der Waals surface area contributed by atoms with Crippen LogP contribution < -0.4 is 4.74 Å². The Balaban J connectivity index is 2.02. The van der Waals surface area contributed by atoms with Crippen molar-refractivity contribution < 1.29 is 9.53 Å². The van der Waals surface area contributed by atoms with E-state index in [-0.39, 0.29) is 11.4 Å². The van der Waals surface area contributed by atoms with Crippen LogP contribution in [0.5, 0.6) is 5.75 Å². The van der Waals surface area contributed by atoms with Crippen LogP contribution in [0.1, 0.15) is 31.2 Å². The van der Waals surface area contributed by atoms with E-state index >= 15 is 0 Å². The van der Waals surface area contributed by atoms with Crippen molar-refractivity contribution >= 4 is 21.9 Å². The average Bonchev–Trinajstić information content (AvgIpc) is 2.70. The zero-order valence-corrected chi connectivity index (χ0v) is 10.5. The van der Waals surface area contributed by atoms with Crippen LogP contribution in [0.2, 0.25) is 0 Å². The Hall–Kier alpha value is -0.830. The van der Waals surface area contributed by atoms with Gasteiger partial charge in [-0.05, 0) is 43.0 Å². The van der Waals surface area contributed by atoms with E-state index in [4.69, 9.17) is 4.74 Å². The van der Waals surface area contributed by atoms with Gasteiger partial charge in [0.2, 0.25) is 0 Å². The zero-order valence-electron chi connectivity index (χ0n) is 8.96. The lowest BCUT2D eigenvalue weighted by atomic mass is 9.78. The summed E-state index contributed by atoms with van der Waals surface area (Å²) >= 11 is 3.46. The Morgan fingerprint density at radius 3 is 2.75 bits per heavy atom. The van der Waals surface area contributed by atoms with E-state index in [0.29, 0.717) is 0 Å². The molecule has 1 aromatic rings. The summed E-state index contributed by atoms with van der Waals surface area (Å²) in [6.45, 7) is 0. The van der Waals surface area contributed by atoms with Crippen LogP contribution in [0.3, 0.4) is 0 Å². The van der Waals surface area contributed by atoms with E-state index in [0.717, 1.165) is 47.9 Å². The molecule has 1 saturated carbocycles. The van der Waals surface area contributed by atoms with Gasteiger partial charge >= 0.3 is 5.97 Å². The molecular weight excluding hydrogens is 268 g/mol. The smallest absolute Gasteiger partial charge is 0.317 e. The lowest BCUT2D eigenvalue weighted by molar-refractivity contribution is -0.147. The van der Waals surface area contributed by atoms with Crippen molar-refractivity contribution in [3.63, 3.8) is 0 Å². The molecule has 1 aromatic carbocycles. The van der Waals surface area contributed by atoms with Gasteiger partial charge in [-0.25, -0.2) is 0 Å². The van der Waals surface area contributed by atoms with Gasteiger partial charge in [0.25, 0.3) is 0 Å². The van der Waals surface area contributed by atoms with E-state index in [1.807, 2.05) is 12.1 Å². The van der Waals surface area contributed by atoms with Crippen molar-refractivity contribution in [1.82, 2.24) is 0 Å². The Kier molecular flexibility index (Phi) is 2.32. The SMILES string of the molecule is O=C1Oc2ccc(Br)cc2CC12CCCC2. The Morgan fingerprint density at radius 1 is 1.25 bits per heavy atom. The Morgan fingerprint density at radius 2 is 2.00 bits per heavy atom. The normalized spacial score (nSPS) is 21.9. The van der Waals surface area contributed by atoms with Crippen LogP contribution in [-0.4, -0.2) is 5.97 Å². The minimum absolute atomic E-state index is 0.0141. The second-order valence-electron chi connectivity index (χ2n) is 4.81. The molecule has 3 rings (SSSR count). The highest BCUT2D eigenvalue weighted by molar-refractivity contribution is 9.10. The van der Waals surface area contributed by atoms with Crippen LogP contribution in [0.25, 0.3) is 0 Å². The van der Waals surface area contributed by atoms with Gasteiger partial charge in [-0.2, -0.15) is 0 Å². The predicted octanol–water partition coefficient (Wildman–Crippen LogP) is 3.47. The fourth-order valence-electron chi connectivity index (χ4n) is 2.86. The van der Waals surface area contributed by atoms with Crippen LogP contribution in [0.15, 0.2) is 22.7 Å². The predicted molar refractivity (Wildman–Crippen MR) is 64.4 cm³/mol. The third-order valence-electron chi connectivity index (χ3n) is 3.75. The van der Waals surface area contributed by atoms with Crippen molar-refractivity contribution in [3.05, 3.63) is 28.2 Å². The molecule has 3 heteroatoms. The summed E-state index contributed by atoms with van der Waals surface area (Å²) in [6.07, 6.45) is 5.12. The molecule has 1 heterocycles. The second kappa shape index (κ2) is 3.59. The number of rotatable bonds is 0. The van der Waals surface area contributed by atoms with Gasteiger partial charge < -0.3 is 4.74 Å². The fraction of sp³-hybridized carbons (Fsp3) is 0.462. The van der Waals surface area contributed by atoms with Gasteiger partial charge in [0, 0.05) is 4.47 Å². The summed E-state index contributed by atoms with van der Waals surface area (Å²) in [6, 6.07) is 5.86. The number of fused-ring (bicyclic) bond motifs is 1. The third-order valence-corrected chi connectivity index (χ3v) is 4.24. The van der Waals surface area contributed by atoms with Crippen molar-refractivity contribution in [1.29, 1.82) is 0 Å². The number of hydrogen-bond acceptors (Lipinski definition) is 2.